The molecule has 1 saturated heterocycles. The number of carbonyl (C=O) groups excluding carboxylic acids is 1. The minimum absolute atomic E-state index is 0.162. The summed E-state index contributed by atoms with van der Waals surface area (Å²) in [5.74, 6) is 0.281. The summed E-state index contributed by atoms with van der Waals surface area (Å²) in [6.45, 7) is 3.72. The molecule has 1 heterocycles. The third-order valence-corrected chi connectivity index (χ3v) is 4.64. The fourth-order valence-electron chi connectivity index (χ4n) is 2.83. The van der Waals surface area contributed by atoms with E-state index in [2.05, 4.69) is 11.0 Å². The standard InChI is InChI=1S/C12H18IN3O/c13-12(17)16-7-5-15(6-8-16)11-3-1-10(9-14)2-4-11/h10-11H,1-8H2. The fourth-order valence-corrected chi connectivity index (χ4v) is 3.32. The first-order valence-electron chi connectivity index (χ1n) is 6.29. The van der Waals surface area contributed by atoms with Crippen LogP contribution in [0, 0.1) is 17.2 Å². The highest BCUT2D eigenvalue weighted by atomic mass is 127. The van der Waals surface area contributed by atoms with E-state index >= 15 is 0 Å². The molecule has 0 aromatic rings. The van der Waals surface area contributed by atoms with Gasteiger partial charge in [0.05, 0.1) is 6.07 Å². The van der Waals surface area contributed by atoms with Crippen LogP contribution in [0.25, 0.3) is 0 Å². The van der Waals surface area contributed by atoms with Gasteiger partial charge in [0.2, 0.25) is 0 Å². The zero-order valence-corrected chi connectivity index (χ0v) is 12.1. The van der Waals surface area contributed by atoms with Gasteiger partial charge in [-0.15, -0.1) is 0 Å². The van der Waals surface area contributed by atoms with Gasteiger partial charge in [-0.3, -0.25) is 9.69 Å². The van der Waals surface area contributed by atoms with E-state index < -0.39 is 0 Å². The summed E-state index contributed by atoms with van der Waals surface area (Å²) in [6, 6.07) is 3.02. The lowest BCUT2D eigenvalue weighted by Crippen LogP contribution is -2.51. The maximum atomic E-state index is 11.2. The van der Waals surface area contributed by atoms with E-state index in [1.165, 1.54) is 0 Å². The summed E-state index contributed by atoms with van der Waals surface area (Å²) in [5, 5.41) is 8.87. The monoisotopic (exact) mass is 347 g/mol. The van der Waals surface area contributed by atoms with E-state index in [9.17, 15) is 4.79 Å². The van der Waals surface area contributed by atoms with Gasteiger partial charge in [0.15, 0.2) is 0 Å². The summed E-state index contributed by atoms with van der Waals surface area (Å²) in [5.41, 5.74) is 0. The maximum absolute atomic E-state index is 11.2. The highest BCUT2D eigenvalue weighted by Gasteiger charge is 2.28. The highest BCUT2D eigenvalue weighted by molar-refractivity contribution is 14.1. The van der Waals surface area contributed by atoms with Crippen LogP contribution in [0.2, 0.25) is 0 Å². The summed E-state index contributed by atoms with van der Waals surface area (Å²) in [6.07, 6.45) is 4.39. The van der Waals surface area contributed by atoms with Crippen LogP contribution in [0.1, 0.15) is 25.7 Å². The Morgan fingerprint density at radius 1 is 1.12 bits per heavy atom. The van der Waals surface area contributed by atoms with Gasteiger partial charge in [-0.1, -0.05) is 0 Å². The van der Waals surface area contributed by atoms with E-state index in [0.717, 1.165) is 51.9 Å². The van der Waals surface area contributed by atoms with Crippen molar-refractivity contribution in [3.63, 3.8) is 0 Å². The quantitative estimate of drug-likeness (QED) is 0.415. The molecule has 1 aliphatic carbocycles. The number of amides is 1. The molecule has 5 heteroatoms. The van der Waals surface area contributed by atoms with Crippen LogP contribution in [0.15, 0.2) is 0 Å². The van der Waals surface area contributed by atoms with Gasteiger partial charge in [-0.2, -0.15) is 5.26 Å². The third-order valence-electron chi connectivity index (χ3n) is 3.96. The van der Waals surface area contributed by atoms with Crippen LogP contribution >= 0.6 is 22.6 Å². The Kier molecular flexibility index (Phi) is 4.62. The molecule has 0 atom stereocenters. The molecular formula is C12H18IN3O. The van der Waals surface area contributed by atoms with Crippen molar-refractivity contribution >= 4 is 26.5 Å². The molecule has 0 bridgehead atoms. The molecule has 0 aromatic heterocycles. The number of hydrogen-bond acceptors (Lipinski definition) is 3. The average molecular weight is 347 g/mol. The molecule has 94 valence electrons. The first kappa shape index (κ1) is 13.1. The third kappa shape index (κ3) is 3.32. The predicted molar refractivity (Wildman–Crippen MR) is 73.9 cm³/mol. The van der Waals surface area contributed by atoms with Gasteiger partial charge in [0.1, 0.15) is 0 Å². The summed E-state index contributed by atoms with van der Waals surface area (Å²) in [4.78, 5) is 15.6. The smallest absolute Gasteiger partial charge is 0.283 e. The van der Waals surface area contributed by atoms with Gasteiger partial charge >= 0.3 is 0 Å². The van der Waals surface area contributed by atoms with E-state index in [4.69, 9.17) is 5.26 Å². The largest absolute Gasteiger partial charge is 0.332 e. The van der Waals surface area contributed by atoms with E-state index in [-0.39, 0.29) is 9.83 Å². The van der Waals surface area contributed by atoms with Gasteiger partial charge in [0.25, 0.3) is 3.91 Å². The second kappa shape index (κ2) is 6.01. The summed E-state index contributed by atoms with van der Waals surface area (Å²) >= 11 is 1.86. The van der Waals surface area contributed by atoms with Crippen LogP contribution < -0.4 is 0 Å². The van der Waals surface area contributed by atoms with Crippen LogP contribution in [0.4, 0.5) is 4.79 Å². The molecule has 0 unspecified atom stereocenters. The minimum Gasteiger partial charge on any atom is -0.332 e. The van der Waals surface area contributed by atoms with Crippen molar-refractivity contribution in [2.75, 3.05) is 26.2 Å². The molecule has 1 amide bonds. The van der Waals surface area contributed by atoms with Crippen LogP contribution in [-0.4, -0.2) is 45.9 Å². The van der Waals surface area contributed by atoms with Crippen LogP contribution in [0.3, 0.4) is 0 Å². The lowest BCUT2D eigenvalue weighted by Gasteiger charge is -2.40. The number of halogens is 1. The lowest BCUT2D eigenvalue weighted by molar-refractivity contribution is 0.0928. The first-order valence-corrected chi connectivity index (χ1v) is 7.36. The molecule has 4 nitrogen and oxygen atoms in total. The molecule has 0 aromatic carbocycles. The average Bonchev–Trinajstić information content (AvgIpc) is 2.39. The number of hydrogen-bond donors (Lipinski definition) is 0. The zero-order valence-electron chi connectivity index (χ0n) is 9.94. The van der Waals surface area contributed by atoms with Gasteiger partial charge in [-0.25, -0.2) is 0 Å². The molecule has 1 aliphatic heterocycles. The van der Waals surface area contributed by atoms with Crippen molar-refractivity contribution in [2.24, 2.45) is 5.92 Å². The minimum atomic E-state index is 0.162. The molecule has 17 heavy (non-hydrogen) atoms. The Morgan fingerprint density at radius 3 is 2.18 bits per heavy atom. The number of rotatable bonds is 1. The summed E-state index contributed by atoms with van der Waals surface area (Å²) in [7, 11) is 0. The van der Waals surface area contributed by atoms with Crippen molar-refractivity contribution < 1.29 is 4.79 Å². The molecule has 2 aliphatic rings. The molecule has 0 radical (unpaired) electrons. The summed E-state index contributed by atoms with van der Waals surface area (Å²) < 4.78 is 0.162. The topological polar surface area (TPSA) is 47.3 Å². The molecule has 2 fully saturated rings. The Bertz CT molecular complexity index is 312. The number of carbonyl (C=O) groups is 1. The molecule has 1 saturated carbocycles. The Morgan fingerprint density at radius 2 is 1.71 bits per heavy atom. The van der Waals surface area contributed by atoms with E-state index in [1.54, 1.807) is 0 Å². The van der Waals surface area contributed by atoms with E-state index in [0.29, 0.717) is 6.04 Å². The highest BCUT2D eigenvalue weighted by Crippen LogP contribution is 2.27. The zero-order chi connectivity index (χ0) is 12.3. The number of piperazine rings is 1. The number of nitrogens with zero attached hydrogens (tertiary/aromatic N) is 3. The normalized spacial score (nSPS) is 30.9. The lowest BCUT2D eigenvalue weighted by atomic mass is 9.86. The molecule has 0 N–H and O–H groups in total. The molecule has 2 rings (SSSR count). The second-order valence-electron chi connectivity index (χ2n) is 4.91. The van der Waals surface area contributed by atoms with Crippen molar-refractivity contribution in [1.29, 1.82) is 5.26 Å². The first-order chi connectivity index (χ1) is 8.20. The Labute approximate surface area is 116 Å². The predicted octanol–water partition coefficient (Wildman–Crippen LogP) is 2.24. The van der Waals surface area contributed by atoms with Crippen molar-refractivity contribution in [2.45, 2.75) is 31.7 Å². The van der Waals surface area contributed by atoms with Gasteiger partial charge in [-0.05, 0) is 25.7 Å². The van der Waals surface area contributed by atoms with Crippen molar-refractivity contribution in [3.05, 3.63) is 0 Å². The van der Waals surface area contributed by atoms with Gasteiger partial charge < -0.3 is 4.90 Å². The van der Waals surface area contributed by atoms with E-state index in [1.807, 2.05) is 27.5 Å². The second-order valence-corrected chi connectivity index (χ2v) is 5.83. The Balaban J connectivity index is 1.78. The maximum Gasteiger partial charge on any atom is 0.283 e. The molecule has 0 spiro atoms. The Hall–Kier alpha value is -0.350. The van der Waals surface area contributed by atoms with Crippen molar-refractivity contribution in [1.82, 2.24) is 9.80 Å². The number of nitriles is 1. The van der Waals surface area contributed by atoms with Crippen molar-refractivity contribution in [3.8, 4) is 6.07 Å². The fraction of sp³-hybridized carbons (Fsp3) is 0.833. The molecular weight excluding hydrogens is 329 g/mol. The SMILES string of the molecule is N#CC1CCC(N2CCN(C(=O)I)CC2)CC1. The van der Waals surface area contributed by atoms with Crippen LogP contribution in [0.5, 0.6) is 0 Å². The van der Waals surface area contributed by atoms with Crippen LogP contribution in [-0.2, 0) is 0 Å². The van der Waals surface area contributed by atoms with Gasteiger partial charge in [0, 0.05) is 60.7 Å².